The average molecular weight is 262 g/mol. The van der Waals surface area contributed by atoms with Crippen LogP contribution in [0.3, 0.4) is 0 Å². The highest BCUT2D eigenvalue weighted by Gasteiger charge is 2.17. The van der Waals surface area contributed by atoms with Gasteiger partial charge in [-0.2, -0.15) is 0 Å². The second-order valence-electron chi connectivity index (χ2n) is 3.52. The third-order valence-corrected chi connectivity index (χ3v) is 4.87. The Morgan fingerprint density at radius 3 is 2.81 bits per heavy atom. The van der Waals surface area contributed by atoms with Crippen LogP contribution in [0.2, 0.25) is 0 Å². The number of hydrogen-bond acceptors (Lipinski definition) is 4. The Hall–Kier alpha value is -0.430. The Bertz CT molecular complexity index is 412. The van der Waals surface area contributed by atoms with Crippen molar-refractivity contribution >= 4 is 21.4 Å². The maximum atomic E-state index is 11.9. The molecule has 0 aliphatic carbocycles. The quantitative estimate of drug-likeness (QED) is 0.734. The number of sulfonamides is 1. The number of nitrogens with two attached hydrogens (primary N) is 1. The molecule has 0 fully saturated rings. The monoisotopic (exact) mass is 262 g/mol. The summed E-state index contributed by atoms with van der Waals surface area (Å²) >= 11 is 1.38. The highest BCUT2D eigenvalue weighted by Crippen LogP contribution is 2.20. The predicted octanol–water partition coefficient (Wildman–Crippen LogP) is 1.68. The van der Waals surface area contributed by atoms with E-state index in [1.165, 1.54) is 11.3 Å². The summed E-state index contributed by atoms with van der Waals surface area (Å²) in [6.45, 7) is 2.85. The maximum absolute atomic E-state index is 11.9. The van der Waals surface area contributed by atoms with Gasteiger partial charge < -0.3 is 5.73 Å². The Morgan fingerprint density at radius 1 is 1.44 bits per heavy atom. The van der Waals surface area contributed by atoms with Crippen molar-refractivity contribution < 1.29 is 8.42 Å². The predicted molar refractivity (Wildman–Crippen MR) is 66.9 cm³/mol. The minimum absolute atomic E-state index is 0.267. The number of hydrogen-bond donors (Lipinski definition) is 2. The maximum Gasteiger partial charge on any atom is 0.241 e. The molecular formula is C10H18N2O2S2. The zero-order valence-electron chi connectivity index (χ0n) is 9.40. The van der Waals surface area contributed by atoms with Gasteiger partial charge in [-0.05, 0) is 17.9 Å². The SMILES string of the molecule is CCCCCNS(=O)(=O)c1ccsc1CN. The number of nitrogens with one attached hydrogen (secondary N) is 1. The van der Waals surface area contributed by atoms with Crippen molar-refractivity contribution in [1.29, 1.82) is 0 Å². The largest absolute Gasteiger partial charge is 0.326 e. The smallest absolute Gasteiger partial charge is 0.241 e. The molecule has 0 aliphatic heterocycles. The van der Waals surface area contributed by atoms with Crippen molar-refractivity contribution in [2.24, 2.45) is 5.73 Å². The van der Waals surface area contributed by atoms with E-state index in [1.807, 2.05) is 0 Å². The summed E-state index contributed by atoms with van der Waals surface area (Å²) in [5.74, 6) is 0. The Labute approximate surface area is 101 Å². The lowest BCUT2D eigenvalue weighted by Gasteiger charge is -2.06. The number of thiophene rings is 1. The van der Waals surface area contributed by atoms with E-state index in [-0.39, 0.29) is 6.54 Å². The van der Waals surface area contributed by atoms with Gasteiger partial charge >= 0.3 is 0 Å². The first-order valence-electron chi connectivity index (χ1n) is 5.38. The van der Waals surface area contributed by atoms with Crippen molar-refractivity contribution in [3.05, 3.63) is 16.3 Å². The van der Waals surface area contributed by atoms with E-state index in [0.717, 1.165) is 19.3 Å². The first kappa shape index (κ1) is 13.6. The highest BCUT2D eigenvalue weighted by atomic mass is 32.2. The molecule has 0 unspecified atom stereocenters. The van der Waals surface area contributed by atoms with Gasteiger partial charge in [0.05, 0.1) is 4.90 Å². The van der Waals surface area contributed by atoms with Crippen molar-refractivity contribution in [1.82, 2.24) is 4.72 Å². The summed E-state index contributed by atoms with van der Waals surface area (Å²) in [6, 6.07) is 1.61. The van der Waals surface area contributed by atoms with E-state index in [1.54, 1.807) is 11.4 Å². The van der Waals surface area contributed by atoms with E-state index >= 15 is 0 Å². The molecule has 0 aromatic carbocycles. The van der Waals surface area contributed by atoms with Crippen LogP contribution in [-0.4, -0.2) is 15.0 Å². The topological polar surface area (TPSA) is 72.2 Å². The molecule has 1 rings (SSSR count). The fourth-order valence-corrected chi connectivity index (χ4v) is 3.78. The van der Waals surface area contributed by atoms with E-state index in [0.29, 0.717) is 16.3 Å². The number of rotatable bonds is 7. The van der Waals surface area contributed by atoms with Crippen molar-refractivity contribution in [3.8, 4) is 0 Å². The van der Waals surface area contributed by atoms with Gasteiger partial charge in [-0.25, -0.2) is 13.1 Å². The lowest BCUT2D eigenvalue weighted by atomic mass is 10.3. The Morgan fingerprint density at radius 2 is 2.19 bits per heavy atom. The van der Waals surface area contributed by atoms with Crippen LogP contribution < -0.4 is 10.5 Å². The first-order valence-corrected chi connectivity index (χ1v) is 7.74. The van der Waals surface area contributed by atoms with Gasteiger partial charge in [0.1, 0.15) is 0 Å². The summed E-state index contributed by atoms with van der Waals surface area (Å²) in [6.07, 6.45) is 2.99. The molecule has 16 heavy (non-hydrogen) atoms. The van der Waals surface area contributed by atoms with Crippen molar-refractivity contribution in [2.45, 2.75) is 37.6 Å². The fraction of sp³-hybridized carbons (Fsp3) is 0.600. The second kappa shape index (κ2) is 6.34. The van der Waals surface area contributed by atoms with Crippen LogP contribution in [0.5, 0.6) is 0 Å². The summed E-state index contributed by atoms with van der Waals surface area (Å²) < 4.78 is 26.3. The first-order chi connectivity index (χ1) is 7.61. The molecule has 92 valence electrons. The van der Waals surface area contributed by atoms with Gasteiger partial charge in [-0.15, -0.1) is 11.3 Å². The second-order valence-corrected chi connectivity index (χ2v) is 6.25. The van der Waals surface area contributed by atoms with Crippen LogP contribution in [-0.2, 0) is 16.6 Å². The van der Waals surface area contributed by atoms with E-state index < -0.39 is 10.0 Å². The minimum atomic E-state index is -3.36. The Balaban J connectivity index is 2.64. The zero-order chi connectivity index (χ0) is 12.0. The van der Waals surface area contributed by atoms with Gasteiger partial charge in [0, 0.05) is 18.0 Å². The molecule has 1 aromatic heterocycles. The van der Waals surface area contributed by atoms with Crippen molar-refractivity contribution in [2.75, 3.05) is 6.54 Å². The van der Waals surface area contributed by atoms with Gasteiger partial charge in [-0.3, -0.25) is 0 Å². The summed E-state index contributed by atoms with van der Waals surface area (Å²) in [5.41, 5.74) is 5.49. The third kappa shape index (κ3) is 3.55. The molecular weight excluding hydrogens is 244 g/mol. The van der Waals surface area contributed by atoms with E-state index in [2.05, 4.69) is 11.6 Å². The molecule has 6 heteroatoms. The molecule has 1 aromatic rings. The molecule has 0 bridgehead atoms. The average Bonchev–Trinajstić information content (AvgIpc) is 2.73. The summed E-state index contributed by atoms with van der Waals surface area (Å²) in [7, 11) is -3.36. The summed E-state index contributed by atoms with van der Waals surface area (Å²) in [4.78, 5) is 1.04. The minimum Gasteiger partial charge on any atom is -0.326 e. The lowest BCUT2D eigenvalue weighted by Crippen LogP contribution is -2.25. The van der Waals surface area contributed by atoms with Crippen LogP contribution in [0.25, 0.3) is 0 Å². The Kier molecular flexibility index (Phi) is 5.40. The van der Waals surface area contributed by atoms with Gasteiger partial charge in [0.2, 0.25) is 10.0 Å². The van der Waals surface area contributed by atoms with Crippen LogP contribution in [0.15, 0.2) is 16.3 Å². The van der Waals surface area contributed by atoms with E-state index in [4.69, 9.17) is 5.73 Å². The summed E-state index contributed by atoms with van der Waals surface area (Å²) in [5, 5.41) is 1.75. The normalized spacial score (nSPS) is 11.9. The standard InChI is InChI=1S/C10H18N2O2S2/c1-2-3-4-6-12-16(13,14)10-5-7-15-9(10)8-11/h5,7,12H,2-4,6,8,11H2,1H3. The van der Waals surface area contributed by atoms with Gasteiger partial charge in [0.15, 0.2) is 0 Å². The molecule has 0 atom stereocenters. The van der Waals surface area contributed by atoms with E-state index in [9.17, 15) is 8.42 Å². The van der Waals surface area contributed by atoms with Crippen LogP contribution >= 0.6 is 11.3 Å². The van der Waals surface area contributed by atoms with Crippen LogP contribution in [0.4, 0.5) is 0 Å². The molecule has 0 aliphatic rings. The fourth-order valence-electron chi connectivity index (χ4n) is 1.38. The van der Waals surface area contributed by atoms with Crippen LogP contribution in [0.1, 0.15) is 31.1 Å². The highest BCUT2D eigenvalue weighted by molar-refractivity contribution is 7.89. The molecule has 0 saturated heterocycles. The molecule has 0 amide bonds. The molecule has 0 saturated carbocycles. The molecule has 4 nitrogen and oxygen atoms in total. The van der Waals surface area contributed by atoms with Crippen molar-refractivity contribution in [3.63, 3.8) is 0 Å². The number of unbranched alkanes of at least 4 members (excludes halogenated alkanes) is 2. The molecule has 0 spiro atoms. The van der Waals surface area contributed by atoms with Gasteiger partial charge in [0.25, 0.3) is 0 Å². The van der Waals surface area contributed by atoms with Crippen LogP contribution in [0, 0.1) is 0 Å². The third-order valence-electron chi connectivity index (χ3n) is 2.25. The zero-order valence-corrected chi connectivity index (χ0v) is 11.0. The van der Waals surface area contributed by atoms with Gasteiger partial charge in [-0.1, -0.05) is 19.8 Å². The molecule has 0 radical (unpaired) electrons. The molecule has 3 N–H and O–H groups in total. The lowest BCUT2D eigenvalue weighted by molar-refractivity contribution is 0.575. The molecule has 1 heterocycles.